The molecule has 0 fully saturated rings. The van der Waals surface area contributed by atoms with Gasteiger partial charge < -0.3 is 0 Å². The van der Waals surface area contributed by atoms with Crippen LogP contribution in [0.15, 0.2) is 53.0 Å². The van der Waals surface area contributed by atoms with E-state index in [2.05, 4.69) is 21.9 Å². The zero-order chi connectivity index (χ0) is 16.1. The third-order valence-electron chi connectivity index (χ3n) is 4.01. The minimum absolute atomic E-state index is 0.112. The Morgan fingerprint density at radius 3 is 2.36 bits per heavy atom. The van der Waals surface area contributed by atoms with E-state index in [1.54, 1.807) is 0 Å². The molecule has 0 saturated heterocycles. The number of rotatable bonds is 5. The number of carbonyl (C=O) groups is 1. The van der Waals surface area contributed by atoms with Gasteiger partial charge in [0.25, 0.3) is 0 Å². The maximum absolute atomic E-state index is 12.9. The lowest BCUT2D eigenvalue weighted by atomic mass is 9.79. The first-order valence-electron chi connectivity index (χ1n) is 7.40. The zero-order valence-corrected chi connectivity index (χ0v) is 14.4. The fraction of sp³-hybridized carbons (Fsp3) is 0.250. The van der Waals surface area contributed by atoms with E-state index in [9.17, 15) is 4.79 Å². The van der Waals surface area contributed by atoms with Crippen LogP contribution in [0.4, 0.5) is 0 Å². The van der Waals surface area contributed by atoms with E-state index in [0.29, 0.717) is 5.56 Å². The van der Waals surface area contributed by atoms with Crippen molar-refractivity contribution in [2.24, 2.45) is 5.92 Å². The van der Waals surface area contributed by atoms with Crippen LogP contribution in [0, 0.1) is 25.2 Å². The molecule has 0 heterocycles. The molecule has 0 saturated carbocycles. The van der Waals surface area contributed by atoms with Crippen molar-refractivity contribution in [1.82, 2.24) is 0 Å². The summed E-state index contributed by atoms with van der Waals surface area (Å²) in [6.45, 7) is 4.06. The molecular formula is C20H19BrO. The standard InChI is InChI=1S/C20H19BrO/c1-4-17(19-9-7-6-8-14(19)3)18(5-2)20(22)15-10-12-16(21)13-11-15/h1,6-13,17-18H,5H2,2-3H3/t17-,18-/m1/s1. The lowest BCUT2D eigenvalue weighted by Gasteiger charge is -2.22. The van der Waals surface area contributed by atoms with Crippen LogP contribution >= 0.6 is 15.9 Å². The molecule has 0 N–H and O–H groups in total. The number of hydrogen-bond acceptors (Lipinski definition) is 1. The Bertz CT molecular complexity index is 694. The predicted molar refractivity (Wildman–Crippen MR) is 95.0 cm³/mol. The second kappa shape index (κ2) is 7.42. The number of hydrogen-bond donors (Lipinski definition) is 0. The van der Waals surface area contributed by atoms with Crippen LogP contribution in [0.2, 0.25) is 0 Å². The summed E-state index contributed by atoms with van der Waals surface area (Å²) in [5, 5.41) is 0. The molecular weight excluding hydrogens is 336 g/mol. The van der Waals surface area contributed by atoms with Crippen LogP contribution in [0.1, 0.15) is 40.7 Å². The Morgan fingerprint density at radius 1 is 1.18 bits per heavy atom. The number of Topliss-reactive ketones (excluding diaryl/α,β-unsaturated/α-hetero) is 1. The Hall–Kier alpha value is -1.85. The fourth-order valence-corrected chi connectivity index (χ4v) is 3.02. The summed E-state index contributed by atoms with van der Waals surface area (Å²) in [6, 6.07) is 15.5. The summed E-state index contributed by atoms with van der Waals surface area (Å²) in [6.07, 6.45) is 6.50. The molecule has 0 aliphatic carbocycles. The molecule has 0 bridgehead atoms. The molecule has 2 atom stereocenters. The van der Waals surface area contributed by atoms with Gasteiger partial charge in [-0.1, -0.05) is 65.2 Å². The van der Waals surface area contributed by atoms with Gasteiger partial charge in [-0.05, 0) is 36.6 Å². The highest BCUT2D eigenvalue weighted by Gasteiger charge is 2.28. The normalized spacial score (nSPS) is 13.2. The summed E-state index contributed by atoms with van der Waals surface area (Å²) < 4.78 is 0.963. The lowest BCUT2D eigenvalue weighted by Crippen LogP contribution is -2.22. The molecule has 2 aromatic carbocycles. The van der Waals surface area contributed by atoms with Crippen LogP contribution < -0.4 is 0 Å². The van der Waals surface area contributed by atoms with Crippen molar-refractivity contribution in [1.29, 1.82) is 0 Å². The fourth-order valence-electron chi connectivity index (χ4n) is 2.76. The SMILES string of the molecule is C#C[C@@H](c1ccccc1C)[C@@H](CC)C(=O)c1ccc(Br)cc1. The van der Waals surface area contributed by atoms with Crippen molar-refractivity contribution >= 4 is 21.7 Å². The molecule has 2 rings (SSSR count). The molecule has 1 nitrogen and oxygen atoms in total. The van der Waals surface area contributed by atoms with Crippen molar-refractivity contribution in [3.8, 4) is 12.3 Å². The van der Waals surface area contributed by atoms with Crippen LogP contribution in [-0.4, -0.2) is 5.78 Å². The van der Waals surface area contributed by atoms with Gasteiger partial charge in [0.1, 0.15) is 0 Å². The monoisotopic (exact) mass is 354 g/mol. The van der Waals surface area contributed by atoms with E-state index >= 15 is 0 Å². The smallest absolute Gasteiger partial charge is 0.167 e. The van der Waals surface area contributed by atoms with Gasteiger partial charge in [0.05, 0.1) is 5.92 Å². The van der Waals surface area contributed by atoms with Gasteiger partial charge in [-0.2, -0.15) is 0 Å². The van der Waals surface area contributed by atoms with Gasteiger partial charge in [-0.25, -0.2) is 0 Å². The first-order chi connectivity index (χ1) is 10.6. The van der Waals surface area contributed by atoms with Crippen LogP contribution in [0.5, 0.6) is 0 Å². The average Bonchev–Trinajstić information content (AvgIpc) is 2.53. The Kier molecular flexibility index (Phi) is 5.57. The molecule has 0 aliphatic heterocycles. The zero-order valence-electron chi connectivity index (χ0n) is 12.8. The molecule has 2 aromatic rings. The quantitative estimate of drug-likeness (QED) is 0.520. The number of benzene rings is 2. The molecule has 0 unspecified atom stereocenters. The summed E-state index contributed by atoms with van der Waals surface area (Å²) in [5.41, 5.74) is 2.92. The number of aryl methyl sites for hydroxylation is 1. The molecule has 0 amide bonds. The van der Waals surface area contributed by atoms with E-state index in [0.717, 1.165) is 22.0 Å². The van der Waals surface area contributed by atoms with Crippen molar-refractivity contribution in [2.45, 2.75) is 26.2 Å². The van der Waals surface area contributed by atoms with Gasteiger partial charge in [0.2, 0.25) is 0 Å². The lowest BCUT2D eigenvalue weighted by molar-refractivity contribution is 0.0908. The number of terminal acetylenes is 1. The van der Waals surface area contributed by atoms with Crippen molar-refractivity contribution in [2.75, 3.05) is 0 Å². The molecule has 2 heteroatoms. The van der Waals surface area contributed by atoms with Gasteiger partial charge in [-0.3, -0.25) is 4.79 Å². The minimum Gasteiger partial charge on any atom is -0.294 e. The number of carbonyl (C=O) groups excluding carboxylic acids is 1. The third kappa shape index (κ3) is 3.48. The van der Waals surface area contributed by atoms with Gasteiger partial charge in [-0.15, -0.1) is 6.42 Å². The van der Waals surface area contributed by atoms with Crippen molar-refractivity contribution in [3.63, 3.8) is 0 Å². The Balaban J connectivity index is 2.37. The van der Waals surface area contributed by atoms with Crippen LogP contribution in [0.25, 0.3) is 0 Å². The van der Waals surface area contributed by atoms with Crippen molar-refractivity contribution < 1.29 is 4.79 Å². The number of halogens is 1. The van der Waals surface area contributed by atoms with Crippen LogP contribution in [0.3, 0.4) is 0 Å². The summed E-state index contributed by atoms with van der Waals surface area (Å²) >= 11 is 3.39. The highest BCUT2D eigenvalue weighted by molar-refractivity contribution is 9.10. The topological polar surface area (TPSA) is 17.1 Å². The van der Waals surface area contributed by atoms with Crippen molar-refractivity contribution in [3.05, 3.63) is 69.7 Å². The second-order valence-corrected chi connectivity index (χ2v) is 6.30. The maximum atomic E-state index is 12.9. The summed E-state index contributed by atoms with van der Waals surface area (Å²) in [4.78, 5) is 12.9. The average molecular weight is 355 g/mol. The highest BCUT2D eigenvalue weighted by atomic mass is 79.9. The Morgan fingerprint density at radius 2 is 1.82 bits per heavy atom. The molecule has 22 heavy (non-hydrogen) atoms. The van der Waals surface area contributed by atoms with E-state index in [1.165, 1.54) is 0 Å². The van der Waals surface area contributed by atoms with E-state index in [-0.39, 0.29) is 17.6 Å². The third-order valence-corrected chi connectivity index (χ3v) is 4.54. The summed E-state index contributed by atoms with van der Waals surface area (Å²) in [5.74, 6) is 2.56. The van der Waals surface area contributed by atoms with Gasteiger partial charge in [0, 0.05) is 16.0 Å². The summed E-state index contributed by atoms with van der Waals surface area (Å²) in [7, 11) is 0. The molecule has 0 aliphatic rings. The minimum atomic E-state index is -0.202. The predicted octanol–water partition coefficient (Wildman–Crippen LogP) is 5.38. The molecule has 0 radical (unpaired) electrons. The first-order valence-corrected chi connectivity index (χ1v) is 8.19. The van der Waals surface area contributed by atoms with Crippen LogP contribution in [-0.2, 0) is 0 Å². The second-order valence-electron chi connectivity index (χ2n) is 5.39. The van der Waals surface area contributed by atoms with E-state index in [4.69, 9.17) is 6.42 Å². The van der Waals surface area contributed by atoms with E-state index in [1.807, 2.05) is 62.4 Å². The number of ketones is 1. The maximum Gasteiger partial charge on any atom is 0.167 e. The first kappa shape index (κ1) is 16.5. The molecule has 112 valence electrons. The van der Waals surface area contributed by atoms with Gasteiger partial charge >= 0.3 is 0 Å². The largest absolute Gasteiger partial charge is 0.294 e. The molecule has 0 aromatic heterocycles. The highest BCUT2D eigenvalue weighted by Crippen LogP contribution is 2.31. The Labute approximate surface area is 140 Å². The van der Waals surface area contributed by atoms with E-state index < -0.39 is 0 Å². The molecule has 0 spiro atoms. The van der Waals surface area contributed by atoms with Gasteiger partial charge in [0.15, 0.2) is 5.78 Å².